The van der Waals surface area contributed by atoms with E-state index in [2.05, 4.69) is 194 Å². The van der Waals surface area contributed by atoms with E-state index in [1.165, 1.54) is 238 Å². The predicted molar refractivity (Wildman–Crippen MR) is 396 cm³/mol. The van der Waals surface area contributed by atoms with Crippen molar-refractivity contribution >= 4 is 0 Å². The van der Waals surface area contributed by atoms with Gasteiger partial charge in [-0.2, -0.15) is 99.7 Å². The molecule has 0 nitrogen and oxygen atoms in total. The Morgan fingerprint density at radius 3 is 0.567 bits per heavy atom. The molecule has 6 rings (SSSR count). The molecule has 0 saturated heterocycles. The Morgan fingerprint density at radius 2 is 0.422 bits per heavy atom. The van der Waals surface area contributed by atoms with Gasteiger partial charge in [-0.3, -0.25) is 0 Å². The van der Waals surface area contributed by atoms with Crippen LogP contribution in [-0.4, -0.2) is 0 Å². The Labute approximate surface area is 730 Å². The van der Waals surface area contributed by atoms with Gasteiger partial charge in [-0.05, 0) is 35.5 Å². The first kappa shape index (κ1) is 123. The Balaban J connectivity index is -0.0000000748. The van der Waals surface area contributed by atoms with Crippen LogP contribution in [0.2, 0.25) is 0 Å². The van der Waals surface area contributed by atoms with Crippen molar-refractivity contribution in [3.63, 3.8) is 0 Å². The molecule has 534 valence electrons. The van der Waals surface area contributed by atoms with Crippen LogP contribution in [0.1, 0.15) is 407 Å². The molecular formula is C84H168Y6-12. The Morgan fingerprint density at radius 1 is 0.256 bits per heavy atom. The molecule has 0 spiro atoms. The average molecular weight is 1710 g/mol. The molecule has 0 heterocycles. The third-order valence-electron chi connectivity index (χ3n) is 15.5. The molecule has 0 atom stereocenters. The maximum atomic E-state index is 4.28. The van der Waals surface area contributed by atoms with Crippen molar-refractivity contribution in [3.05, 3.63) is 81.1 Å². The molecule has 0 aliphatic heterocycles. The van der Waals surface area contributed by atoms with Crippen molar-refractivity contribution in [2.45, 2.75) is 407 Å². The summed E-state index contributed by atoms with van der Waals surface area (Å²) in [5.74, 6) is 8.63. The van der Waals surface area contributed by atoms with E-state index >= 15 is 0 Å². The van der Waals surface area contributed by atoms with Crippen molar-refractivity contribution in [1.29, 1.82) is 0 Å². The van der Waals surface area contributed by atoms with Gasteiger partial charge in [0.15, 0.2) is 0 Å². The van der Waals surface area contributed by atoms with E-state index in [4.69, 9.17) is 0 Å². The zero-order valence-electron chi connectivity index (χ0n) is 66.1. The van der Waals surface area contributed by atoms with Gasteiger partial charge in [0.2, 0.25) is 0 Å². The summed E-state index contributed by atoms with van der Waals surface area (Å²) in [4.78, 5) is 0. The molecule has 6 heteroatoms. The summed E-state index contributed by atoms with van der Waals surface area (Å²) < 4.78 is 0. The first-order valence-corrected chi connectivity index (χ1v) is 37.2. The van der Waals surface area contributed by atoms with Crippen LogP contribution in [0.4, 0.5) is 0 Å². The first-order valence-electron chi connectivity index (χ1n) is 37.2. The molecule has 6 radical (unpaired) electrons. The number of unbranched alkanes of at least 4 members (excludes halogenated alkanes) is 2. The zero-order valence-corrected chi connectivity index (χ0v) is 83.1. The minimum atomic E-state index is 0. The van der Waals surface area contributed by atoms with Gasteiger partial charge in [-0.15, -0.1) is 32.1 Å². The Bertz CT molecular complexity index is 1010. The summed E-state index contributed by atoms with van der Waals surface area (Å²) in [6.45, 7) is 79.2. The summed E-state index contributed by atoms with van der Waals surface area (Å²) in [7, 11) is 0. The van der Waals surface area contributed by atoms with Crippen molar-refractivity contribution in [2.75, 3.05) is 0 Å². The second-order valence-electron chi connectivity index (χ2n) is 31.5. The molecule has 6 fully saturated rings. The molecule has 6 aliphatic rings. The minimum absolute atomic E-state index is 0. The van der Waals surface area contributed by atoms with Crippen LogP contribution in [0.3, 0.4) is 0 Å². The summed E-state index contributed by atoms with van der Waals surface area (Å²) in [6.07, 6.45) is 58.7. The zero-order chi connectivity index (χ0) is 65.7. The summed E-state index contributed by atoms with van der Waals surface area (Å²) in [5, 5.41) is 0. The predicted octanol–water partition coefficient (Wildman–Crippen LogP) is 30.6. The number of hydrogen-bond acceptors (Lipinski definition) is 0. The van der Waals surface area contributed by atoms with E-state index in [0.29, 0.717) is 21.7 Å². The molecule has 0 aromatic heterocycles. The molecule has 0 bridgehead atoms. The molecule has 0 amide bonds. The standard InChI is InChI=1S/6C10H18.6C4H10.6Y/c3*1-3-7-10(2)8-5-4-6-9-10;1-3-10(4-2)8-6-5-7-9-10;2*1-2-3-7-10-8-5-4-6-9-10;6*1-4(2)3;;;;;;/h6*1-9H2;6*4H,1-3H3;;;;;;/q6*-2;;;;;;;;;;;;. The minimum Gasteiger partial charge on any atom is -0.343 e. The van der Waals surface area contributed by atoms with E-state index in [-0.39, 0.29) is 196 Å². The molecular weight excluding hydrogens is 1540 g/mol. The Kier molecular flexibility index (Phi) is 121. The third-order valence-corrected chi connectivity index (χ3v) is 15.5. The van der Waals surface area contributed by atoms with Crippen molar-refractivity contribution in [2.24, 2.45) is 57.2 Å². The normalized spacial score (nSPS) is 18.1. The van der Waals surface area contributed by atoms with Crippen LogP contribution in [-0.2, 0) is 196 Å². The van der Waals surface area contributed by atoms with E-state index in [1.807, 2.05) is 11.8 Å². The van der Waals surface area contributed by atoms with Crippen LogP contribution in [0.15, 0.2) is 0 Å². The van der Waals surface area contributed by atoms with Gasteiger partial charge in [-0.25, -0.2) is 0 Å². The molecule has 0 unspecified atom stereocenters. The number of hydrogen-bond donors (Lipinski definition) is 0. The second-order valence-corrected chi connectivity index (χ2v) is 31.5. The van der Waals surface area contributed by atoms with E-state index < -0.39 is 0 Å². The molecule has 0 aromatic rings. The van der Waals surface area contributed by atoms with E-state index in [1.54, 1.807) is 0 Å². The SMILES string of the molecule is CC(C)C.CC(C)C.CC(C)C.CC(C)C.CC(C)C.CC(C)C.[CH2-]CC1(C[CH2-])CCCCC1.[CH2-]CCC1([CH2-])CCCCC1.[CH2-]CCC1([CH2-])CCCCC1.[CH2-]CCC1([CH2-])CCCCC1.[CH2-]CCC[C-]1CCCCC1.[CH2-]CCC[C-]1CCCCC1.[Y].[Y].[Y].[Y].[Y].[Y]. The largest absolute Gasteiger partial charge is 0.343 e. The smallest absolute Gasteiger partial charge is 0 e. The van der Waals surface area contributed by atoms with Gasteiger partial charge in [-0.1, -0.05) is 297 Å². The van der Waals surface area contributed by atoms with Crippen LogP contribution in [0.5, 0.6) is 0 Å². The van der Waals surface area contributed by atoms with Gasteiger partial charge >= 0.3 is 0 Å². The monoisotopic (exact) mass is 1710 g/mol. The van der Waals surface area contributed by atoms with Crippen molar-refractivity contribution in [1.82, 2.24) is 0 Å². The summed E-state index contributed by atoms with van der Waals surface area (Å²) in [5.41, 5.74) is 1.79. The van der Waals surface area contributed by atoms with Crippen LogP contribution in [0.25, 0.3) is 0 Å². The van der Waals surface area contributed by atoms with Crippen LogP contribution < -0.4 is 0 Å². The summed E-state index contributed by atoms with van der Waals surface area (Å²) >= 11 is 0. The fourth-order valence-electron chi connectivity index (χ4n) is 11.1. The Hall–Kier alpha value is 6.62. The van der Waals surface area contributed by atoms with Crippen molar-refractivity contribution in [3.8, 4) is 0 Å². The van der Waals surface area contributed by atoms with Gasteiger partial charge < -0.3 is 81.1 Å². The van der Waals surface area contributed by atoms with E-state index in [0.717, 1.165) is 80.5 Å². The van der Waals surface area contributed by atoms with Gasteiger partial charge in [0, 0.05) is 196 Å². The summed E-state index contributed by atoms with van der Waals surface area (Å²) in [6, 6.07) is 0. The third kappa shape index (κ3) is 106. The molecule has 0 aromatic carbocycles. The quantitative estimate of drug-likeness (QED) is 0.152. The molecule has 6 aliphatic carbocycles. The molecule has 0 N–H and O–H groups in total. The van der Waals surface area contributed by atoms with Gasteiger partial charge in [0.05, 0.1) is 0 Å². The van der Waals surface area contributed by atoms with Gasteiger partial charge in [0.1, 0.15) is 0 Å². The molecule has 6 saturated carbocycles. The fourth-order valence-corrected chi connectivity index (χ4v) is 11.1. The average Bonchev–Trinajstić information content (AvgIpc) is 3.44. The molecule has 90 heavy (non-hydrogen) atoms. The van der Waals surface area contributed by atoms with Crippen LogP contribution in [0, 0.1) is 138 Å². The van der Waals surface area contributed by atoms with Crippen molar-refractivity contribution < 1.29 is 196 Å². The number of rotatable bonds is 14. The first-order chi connectivity index (χ1) is 39.4. The van der Waals surface area contributed by atoms with Gasteiger partial charge in [0.25, 0.3) is 0 Å². The maximum Gasteiger partial charge on any atom is 0 e. The van der Waals surface area contributed by atoms with Crippen LogP contribution >= 0.6 is 0 Å². The maximum absolute atomic E-state index is 4.28. The van der Waals surface area contributed by atoms with E-state index in [9.17, 15) is 0 Å². The topological polar surface area (TPSA) is 0 Å². The fraction of sp³-hybridized carbons (Fsp3) is 0.857. The second kappa shape index (κ2) is 88.0.